The fraction of sp³-hybridized carbons (Fsp3) is 0.500. The Balaban J connectivity index is 2.90. The predicted molar refractivity (Wildman–Crippen MR) is 64.9 cm³/mol. The first-order valence-electron chi connectivity index (χ1n) is 4.65. The van der Waals surface area contributed by atoms with Gasteiger partial charge in [0, 0.05) is 14.7 Å². The number of thiophene rings is 1. The Morgan fingerprint density at radius 2 is 2.20 bits per heavy atom. The molecule has 15 heavy (non-hydrogen) atoms. The van der Waals surface area contributed by atoms with Gasteiger partial charge < -0.3 is 10.8 Å². The van der Waals surface area contributed by atoms with Crippen LogP contribution in [0.1, 0.15) is 24.8 Å². The van der Waals surface area contributed by atoms with E-state index in [0.717, 1.165) is 9.35 Å². The molecule has 0 amide bonds. The highest BCUT2D eigenvalue weighted by Gasteiger charge is 2.30. The van der Waals surface area contributed by atoms with E-state index < -0.39 is 17.9 Å². The van der Waals surface area contributed by atoms with Crippen LogP contribution in [-0.4, -0.2) is 11.1 Å². The van der Waals surface area contributed by atoms with Crippen molar-refractivity contribution in [3.63, 3.8) is 0 Å². The maximum absolute atomic E-state index is 11.1. The largest absolute Gasteiger partial charge is 0.481 e. The maximum Gasteiger partial charge on any atom is 0.308 e. The Kier molecular flexibility index (Phi) is 4.31. The van der Waals surface area contributed by atoms with Gasteiger partial charge in [-0.2, -0.15) is 0 Å². The van der Waals surface area contributed by atoms with E-state index in [0.29, 0.717) is 0 Å². The number of carboxylic acids is 1. The SMILES string of the molecule is CC(C)C(C(=O)O)C(N)c1cc(Br)cs1. The Hall–Kier alpha value is -0.390. The van der Waals surface area contributed by atoms with Crippen molar-refractivity contribution in [1.82, 2.24) is 0 Å². The Morgan fingerprint density at radius 3 is 2.53 bits per heavy atom. The second-order valence-electron chi connectivity index (χ2n) is 3.80. The van der Waals surface area contributed by atoms with Crippen molar-refractivity contribution in [2.24, 2.45) is 17.6 Å². The molecule has 1 aromatic heterocycles. The second kappa shape index (κ2) is 5.09. The molecule has 0 bridgehead atoms. The van der Waals surface area contributed by atoms with Gasteiger partial charge in [-0.3, -0.25) is 4.79 Å². The zero-order valence-corrected chi connectivity index (χ0v) is 11.0. The molecule has 0 saturated carbocycles. The van der Waals surface area contributed by atoms with Gasteiger partial charge in [0.05, 0.1) is 12.0 Å². The summed E-state index contributed by atoms with van der Waals surface area (Å²) >= 11 is 4.82. The Labute approximate surface area is 101 Å². The number of carbonyl (C=O) groups is 1. The topological polar surface area (TPSA) is 63.3 Å². The first-order chi connectivity index (χ1) is 6.93. The number of carboxylic acid groups (broad SMARTS) is 1. The van der Waals surface area contributed by atoms with Gasteiger partial charge in [0.15, 0.2) is 0 Å². The molecule has 0 aliphatic heterocycles. The molecule has 0 fully saturated rings. The molecule has 2 atom stereocenters. The maximum atomic E-state index is 11.1. The molecule has 2 unspecified atom stereocenters. The van der Waals surface area contributed by atoms with Crippen LogP contribution in [-0.2, 0) is 4.79 Å². The highest BCUT2D eigenvalue weighted by molar-refractivity contribution is 9.10. The van der Waals surface area contributed by atoms with Crippen molar-refractivity contribution >= 4 is 33.2 Å². The van der Waals surface area contributed by atoms with Crippen LogP contribution in [0.4, 0.5) is 0 Å². The monoisotopic (exact) mass is 291 g/mol. The first kappa shape index (κ1) is 12.7. The van der Waals surface area contributed by atoms with Crippen LogP contribution in [0.5, 0.6) is 0 Å². The molecule has 0 aromatic carbocycles. The number of hydrogen-bond donors (Lipinski definition) is 2. The predicted octanol–water partition coefficient (Wildman–Crippen LogP) is 2.87. The van der Waals surface area contributed by atoms with Gasteiger partial charge in [-0.05, 0) is 27.9 Å². The third kappa shape index (κ3) is 3.03. The van der Waals surface area contributed by atoms with Gasteiger partial charge in [-0.1, -0.05) is 13.8 Å². The van der Waals surface area contributed by atoms with Gasteiger partial charge in [-0.15, -0.1) is 11.3 Å². The molecule has 1 aromatic rings. The van der Waals surface area contributed by atoms with Gasteiger partial charge in [-0.25, -0.2) is 0 Å². The summed E-state index contributed by atoms with van der Waals surface area (Å²) in [6, 6.07) is 1.45. The first-order valence-corrected chi connectivity index (χ1v) is 6.33. The zero-order valence-electron chi connectivity index (χ0n) is 8.61. The van der Waals surface area contributed by atoms with E-state index >= 15 is 0 Å². The van der Waals surface area contributed by atoms with E-state index in [1.54, 1.807) is 0 Å². The number of halogens is 1. The van der Waals surface area contributed by atoms with E-state index in [1.165, 1.54) is 11.3 Å². The molecule has 0 radical (unpaired) electrons. The molecular weight excluding hydrogens is 278 g/mol. The smallest absolute Gasteiger partial charge is 0.308 e. The van der Waals surface area contributed by atoms with Crippen molar-refractivity contribution in [3.8, 4) is 0 Å². The van der Waals surface area contributed by atoms with E-state index in [1.807, 2.05) is 25.3 Å². The number of rotatable bonds is 4. The van der Waals surface area contributed by atoms with Crippen LogP contribution in [0.15, 0.2) is 15.9 Å². The summed E-state index contributed by atoms with van der Waals surface area (Å²) in [7, 11) is 0. The molecule has 0 aliphatic carbocycles. The molecule has 3 nitrogen and oxygen atoms in total. The van der Waals surface area contributed by atoms with Crippen LogP contribution in [0.3, 0.4) is 0 Å². The summed E-state index contributed by atoms with van der Waals surface area (Å²) in [4.78, 5) is 12.0. The Bertz CT molecular complexity index is 351. The van der Waals surface area contributed by atoms with E-state index in [4.69, 9.17) is 10.8 Å². The number of nitrogens with two attached hydrogens (primary N) is 1. The van der Waals surface area contributed by atoms with E-state index in [2.05, 4.69) is 15.9 Å². The minimum atomic E-state index is -0.831. The second-order valence-corrected chi connectivity index (χ2v) is 5.66. The fourth-order valence-corrected chi connectivity index (χ4v) is 3.03. The van der Waals surface area contributed by atoms with E-state index in [-0.39, 0.29) is 5.92 Å². The van der Waals surface area contributed by atoms with Gasteiger partial charge in [0.2, 0.25) is 0 Å². The molecule has 0 saturated heterocycles. The van der Waals surface area contributed by atoms with Crippen LogP contribution in [0.25, 0.3) is 0 Å². The molecule has 84 valence electrons. The van der Waals surface area contributed by atoms with Crippen molar-refractivity contribution in [3.05, 3.63) is 20.8 Å². The quantitative estimate of drug-likeness (QED) is 0.897. The summed E-state index contributed by atoms with van der Waals surface area (Å²) in [5.74, 6) is -1.34. The zero-order chi connectivity index (χ0) is 11.6. The lowest BCUT2D eigenvalue weighted by Crippen LogP contribution is -2.31. The minimum absolute atomic E-state index is 0.0263. The summed E-state index contributed by atoms with van der Waals surface area (Å²) in [5.41, 5.74) is 5.96. The van der Waals surface area contributed by atoms with Gasteiger partial charge in [0.1, 0.15) is 0 Å². The normalized spacial score (nSPS) is 15.3. The third-order valence-electron chi connectivity index (χ3n) is 2.31. The molecule has 1 rings (SSSR count). The highest BCUT2D eigenvalue weighted by atomic mass is 79.9. The van der Waals surface area contributed by atoms with Crippen molar-refractivity contribution < 1.29 is 9.90 Å². The fourth-order valence-electron chi connectivity index (χ4n) is 1.53. The number of aliphatic carboxylic acids is 1. The molecule has 0 spiro atoms. The summed E-state index contributed by atoms with van der Waals surface area (Å²) in [5, 5.41) is 11.0. The van der Waals surface area contributed by atoms with Crippen molar-refractivity contribution in [1.29, 1.82) is 0 Å². The minimum Gasteiger partial charge on any atom is -0.481 e. The van der Waals surface area contributed by atoms with Crippen molar-refractivity contribution in [2.45, 2.75) is 19.9 Å². The molecule has 1 heterocycles. The van der Waals surface area contributed by atoms with Crippen molar-refractivity contribution in [2.75, 3.05) is 0 Å². The van der Waals surface area contributed by atoms with Gasteiger partial charge in [0.25, 0.3) is 0 Å². The lowest BCUT2D eigenvalue weighted by atomic mass is 9.88. The van der Waals surface area contributed by atoms with Crippen LogP contribution >= 0.6 is 27.3 Å². The van der Waals surface area contributed by atoms with Crippen LogP contribution < -0.4 is 5.73 Å². The highest BCUT2D eigenvalue weighted by Crippen LogP contribution is 2.32. The third-order valence-corrected chi connectivity index (χ3v) is 4.10. The Morgan fingerprint density at radius 1 is 1.60 bits per heavy atom. The molecule has 5 heteroatoms. The van der Waals surface area contributed by atoms with Gasteiger partial charge >= 0.3 is 5.97 Å². The summed E-state index contributed by atoms with van der Waals surface area (Å²) in [6.07, 6.45) is 0. The summed E-state index contributed by atoms with van der Waals surface area (Å²) < 4.78 is 0.950. The lowest BCUT2D eigenvalue weighted by Gasteiger charge is -2.22. The molecule has 3 N–H and O–H groups in total. The average Bonchev–Trinajstić information content (AvgIpc) is 2.50. The average molecular weight is 292 g/mol. The van der Waals surface area contributed by atoms with Crippen LogP contribution in [0.2, 0.25) is 0 Å². The molecule has 0 aliphatic rings. The standard InChI is InChI=1S/C10H14BrNO2S/c1-5(2)8(10(13)14)9(12)7-3-6(11)4-15-7/h3-5,8-9H,12H2,1-2H3,(H,13,14). The number of hydrogen-bond acceptors (Lipinski definition) is 3. The van der Waals surface area contributed by atoms with Crippen LogP contribution in [0, 0.1) is 11.8 Å². The van der Waals surface area contributed by atoms with E-state index in [9.17, 15) is 4.79 Å². The molecular formula is C10H14BrNO2S. The lowest BCUT2D eigenvalue weighted by molar-refractivity contribution is -0.144. The summed E-state index contributed by atoms with van der Waals surface area (Å²) in [6.45, 7) is 3.75.